The summed E-state index contributed by atoms with van der Waals surface area (Å²) in [6.07, 6.45) is 0.615. The summed E-state index contributed by atoms with van der Waals surface area (Å²) in [6.45, 7) is 7.08. The number of nitrogens with zero attached hydrogens (tertiary/aromatic N) is 4. The highest BCUT2D eigenvalue weighted by atomic mass is 35.5. The molecule has 23 heavy (non-hydrogen) atoms. The molecule has 0 aliphatic heterocycles. The van der Waals surface area contributed by atoms with Gasteiger partial charge in [-0.05, 0) is 37.8 Å². The maximum Gasteiger partial charge on any atom is 0.416 e. The van der Waals surface area contributed by atoms with Crippen molar-refractivity contribution in [3.63, 3.8) is 0 Å². The molecule has 0 atom stereocenters. The second kappa shape index (κ2) is 8.99. The first-order valence-corrected chi connectivity index (χ1v) is 7.67. The van der Waals surface area contributed by atoms with Crippen LogP contribution in [0.15, 0.2) is 6.20 Å². The van der Waals surface area contributed by atoms with Gasteiger partial charge in [0.25, 0.3) is 0 Å². The fourth-order valence-corrected chi connectivity index (χ4v) is 2.93. The minimum atomic E-state index is -0.543. The second-order valence-electron chi connectivity index (χ2n) is 5.93. The van der Waals surface area contributed by atoms with Crippen molar-refractivity contribution in [3.05, 3.63) is 16.3 Å². The first kappa shape index (κ1) is 21.6. The molecule has 0 bridgehead atoms. The molecule has 8 nitrogen and oxygen atoms in total. The van der Waals surface area contributed by atoms with Crippen molar-refractivity contribution in [2.24, 2.45) is 5.41 Å². The number of thiazole rings is 1. The van der Waals surface area contributed by atoms with Crippen molar-refractivity contribution in [2.75, 3.05) is 38.7 Å². The summed E-state index contributed by atoms with van der Waals surface area (Å²) >= 11 is 0.864. The Kier molecular flexibility index (Phi) is 8.43. The number of hydrogen-bond acceptors (Lipinski definition) is 7. The summed E-state index contributed by atoms with van der Waals surface area (Å²) < 4.78 is 5.05. The van der Waals surface area contributed by atoms with Crippen LogP contribution in [0.3, 0.4) is 0 Å². The van der Waals surface area contributed by atoms with Crippen LogP contribution in [0.1, 0.15) is 20.8 Å². The first-order chi connectivity index (χ1) is 10.2. The molecular formula is C13H23ClN4O4S. The minimum absolute atomic E-state index is 0. The lowest BCUT2D eigenvalue weighted by molar-refractivity contribution is -0.380. The molecule has 0 saturated carbocycles. The van der Waals surface area contributed by atoms with E-state index in [1.165, 1.54) is 4.90 Å². The molecule has 0 aliphatic carbocycles. The lowest BCUT2D eigenvalue weighted by Gasteiger charge is -2.32. The number of nitro groups is 1. The summed E-state index contributed by atoms with van der Waals surface area (Å²) in [5.74, 6) is 0. The van der Waals surface area contributed by atoms with Crippen LogP contribution in [0, 0.1) is 15.5 Å². The van der Waals surface area contributed by atoms with Gasteiger partial charge < -0.3 is 9.64 Å². The van der Waals surface area contributed by atoms with E-state index in [2.05, 4.69) is 4.98 Å². The molecule has 0 spiro atoms. The van der Waals surface area contributed by atoms with Gasteiger partial charge in [0.15, 0.2) is 0 Å². The van der Waals surface area contributed by atoms with E-state index in [1.807, 2.05) is 32.8 Å². The van der Waals surface area contributed by atoms with E-state index in [9.17, 15) is 14.9 Å². The number of anilines is 1. The Labute approximate surface area is 146 Å². The zero-order valence-corrected chi connectivity index (χ0v) is 15.6. The Morgan fingerprint density at radius 1 is 1.43 bits per heavy atom. The Morgan fingerprint density at radius 2 is 2.04 bits per heavy atom. The predicted octanol–water partition coefficient (Wildman–Crippen LogP) is 3.02. The zero-order chi connectivity index (χ0) is 16.9. The average molecular weight is 367 g/mol. The van der Waals surface area contributed by atoms with E-state index in [4.69, 9.17) is 4.74 Å². The molecule has 0 aliphatic rings. The van der Waals surface area contributed by atoms with Crippen LogP contribution in [0.2, 0.25) is 0 Å². The summed E-state index contributed by atoms with van der Waals surface area (Å²) in [5.41, 5.74) is -0.225. The van der Waals surface area contributed by atoms with Crippen molar-refractivity contribution in [1.82, 2.24) is 9.88 Å². The number of amides is 1. The third kappa shape index (κ3) is 6.67. The Morgan fingerprint density at radius 3 is 2.48 bits per heavy atom. The third-order valence-corrected chi connectivity index (χ3v) is 3.68. The largest absolute Gasteiger partial charge is 0.449 e. The molecule has 1 amide bonds. The van der Waals surface area contributed by atoms with Crippen LogP contribution in [0.4, 0.5) is 14.9 Å². The van der Waals surface area contributed by atoms with Crippen LogP contribution < -0.4 is 4.90 Å². The summed E-state index contributed by atoms with van der Waals surface area (Å²) in [5, 5.41) is 11.0. The van der Waals surface area contributed by atoms with Gasteiger partial charge in [-0.3, -0.25) is 15.0 Å². The normalized spacial score (nSPS) is 11.0. The van der Waals surface area contributed by atoms with Crippen LogP contribution in [0.5, 0.6) is 0 Å². The van der Waals surface area contributed by atoms with E-state index in [-0.39, 0.29) is 34.6 Å². The van der Waals surface area contributed by atoms with Gasteiger partial charge in [-0.25, -0.2) is 9.78 Å². The van der Waals surface area contributed by atoms with Gasteiger partial charge >= 0.3 is 11.1 Å². The monoisotopic (exact) mass is 366 g/mol. The van der Waals surface area contributed by atoms with Gasteiger partial charge in [0.1, 0.15) is 6.20 Å². The highest BCUT2D eigenvalue weighted by Gasteiger charge is 2.30. The molecule has 0 unspecified atom stereocenters. The molecule has 0 N–H and O–H groups in total. The molecule has 1 aromatic rings. The van der Waals surface area contributed by atoms with E-state index < -0.39 is 11.0 Å². The molecule has 1 rings (SSSR count). The van der Waals surface area contributed by atoms with E-state index in [0.717, 1.165) is 24.1 Å². The third-order valence-electron chi connectivity index (χ3n) is 2.71. The number of carbonyl (C=O) groups excluding carboxylic acids is 1. The van der Waals surface area contributed by atoms with Gasteiger partial charge in [-0.15, -0.1) is 12.4 Å². The van der Waals surface area contributed by atoms with Gasteiger partial charge in [-0.1, -0.05) is 13.8 Å². The van der Waals surface area contributed by atoms with Crippen LogP contribution in [0.25, 0.3) is 0 Å². The quantitative estimate of drug-likeness (QED) is 0.544. The molecule has 0 aromatic carbocycles. The molecule has 0 fully saturated rings. The standard InChI is InChI=1S/C13H22N4O4S.ClH/c1-6-21-12(18)16(9-13(2,3)8-15(4)5)11-14-7-10(22-11)17(19)20;/h7H,6,8-9H2,1-5H3;1H. The van der Waals surface area contributed by atoms with E-state index in [0.29, 0.717) is 6.54 Å². The summed E-state index contributed by atoms with van der Waals surface area (Å²) in [6, 6.07) is 0. The maximum atomic E-state index is 12.2. The van der Waals surface area contributed by atoms with Gasteiger partial charge in [0.05, 0.1) is 11.5 Å². The lowest BCUT2D eigenvalue weighted by Crippen LogP contribution is -2.43. The number of ether oxygens (including phenoxy) is 1. The average Bonchev–Trinajstić information content (AvgIpc) is 2.84. The molecular weight excluding hydrogens is 344 g/mol. The van der Waals surface area contributed by atoms with Crippen molar-refractivity contribution >= 4 is 40.0 Å². The SMILES string of the molecule is CCOC(=O)N(CC(C)(C)CN(C)C)c1ncc([N+](=O)[O-])s1.Cl. The Bertz CT molecular complexity index is 536. The Hall–Kier alpha value is -1.45. The van der Waals surface area contributed by atoms with Crippen LogP contribution in [-0.2, 0) is 4.74 Å². The summed E-state index contributed by atoms with van der Waals surface area (Å²) in [4.78, 5) is 29.8. The molecule has 1 aromatic heterocycles. The number of halogens is 1. The lowest BCUT2D eigenvalue weighted by atomic mass is 9.92. The number of carbonyl (C=O) groups is 1. The van der Waals surface area contributed by atoms with Gasteiger partial charge in [0, 0.05) is 13.1 Å². The smallest absolute Gasteiger partial charge is 0.416 e. The van der Waals surface area contributed by atoms with Crippen LogP contribution in [-0.4, -0.2) is 54.7 Å². The zero-order valence-electron chi connectivity index (χ0n) is 13.9. The van der Waals surface area contributed by atoms with E-state index >= 15 is 0 Å². The molecule has 1 heterocycles. The number of rotatable bonds is 7. The van der Waals surface area contributed by atoms with Gasteiger partial charge in [-0.2, -0.15) is 0 Å². The maximum absolute atomic E-state index is 12.2. The molecule has 10 heteroatoms. The molecule has 0 saturated heterocycles. The molecule has 0 radical (unpaired) electrons. The fraction of sp³-hybridized carbons (Fsp3) is 0.692. The number of hydrogen-bond donors (Lipinski definition) is 0. The Balaban J connectivity index is 0.00000484. The van der Waals surface area contributed by atoms with Crippen molar-refractivity contribution in [1.29, 1.82) is 0 Å². The molecule has 132 valence electrons. The predicted molar refractivity (Wildman–Crippen MR) is 92.7 cm³/mol. The van der Waals surface area contributed by atoms with Crippen molar-refractivity contribution in [2.45, 2.75) is 20.8 Å². The topological polar surface area (TPSA) is 88.8 Å². The first-order valence-electron chi connectivity index (χ1n) is 6.85. The highest BCUT2D eigenvalue weighted by Crippen LogP contribution is 2.31. The van der Waals surface area contributed by atoms with E-state index in [1.54, 1.807) is 6.92 Å². The van der Waals surface area contributed by atoms with Crippen LogP contribution >= 0.6 is 23.7 Å². The number of aromatic nitrogens is 1. The van der Waals surface area contributed by atoms with Gasteiger partial charge in [0.2, 0.25) is 5.13 Å². The summed E-state index contributed by atoms with van der Waals surface area (Å²) in [7, 11) is 3.90. The minimum Gasteiger partial charge on any atom is -0.449 e. The second-order valence-corrected chi connectivity index (χ2v) is 6.91. The van der Waals surface area contributed by atoms with Crippen molar-refractivity contribution < 1.29 is 14.5 Å². The fourth-order valence-electron chi connectivity index (χ4n) is 2.21. The van der Waals surface area contributed by atoms with Crippen molar-refractivity contribution in [3.8, 4) is 0 Å². The highest BCUT2D eigenvalue weighted by molar-refractivity contribution is 7.18.